The molecule has 27 heavy (non-hydrogen) atoms. The van der Waals surface area contributed by atoms with Gasteiger partial charge in [0.2, 0.25) is 5.89 Å². The van der Waals surface area contributed by atoms with Crippen molar-refractivity contribution in [2.75, 3.05) is 11.9 Å². The summed E-state index contributed by atoms with van der Waals surface area (Å²) in [4.78, 5) is 20.9. The molecule has 0 radical (unpaired) electrons. The Morgan fingerprint density at radius 1 is 1.37 bits per heavy atom. The van der Waals surface area contributed by atoms with E-state index in [0.717, 1.165) is 25.3 Å². The van der Waals surface area contributed by atoms with Gasteiger partial charge in [0.1, 0.15) is 5.82 Å². The van der Waals surface area contributed by atoms with E-state index >= 15 is 0 Å². The van der Waals surface area contributed by atoms with Gasteiger partial charge in [0.25, 0.3) is 5.91 Å². The molecule has 2 aromatic heterocycles. The number of anilines is 1. The maximum absolute atomic E-state index is 12.3. The molecule has 8 nitrogen and oxygen atoms in total. The van der Waals surface area contributed by atoms with Gasteiger partial charge in [0, 0.05) is 24.8 Å². The average molecular weight is 373 g/mol. The summed E-state index contributed by atoms with van der Waals surface area (Å²) in [5.41, 5.74) is 0.362. The molecule has 1 aliphatic heterocycles. The first kappa shape index (κ1) is 19.3. The first-order valence-electron chi connectivity index (χ1n) is 9.29. The Balaban J connectivity index is 1.52. The maximum Gasteiger partial charge on any atom is 0.253 e. The topological polar surface area (TPSA) is 102 Å². The molecule has 0 spiro atoms. The number of rotatable bonds is 6. The first-order chi connectivity index (χ1) is 12.8. The van der Waals surface area contributed by atoms with Crippen molar-refractivity contribution < 1.29 is 14.1 Å². The van der Waals surface area contributed by atoms with Crippen LogP contribution in [-0.2, 0) is 11.3 Å². The number of nitrogens with zero attached hydrogens (tertiary/aromatic N) is 3. The van der Waals surface area contributed by atoms with E-state index in [1.165, 1.54) is 0 Å². The molecule has 3 heterocycles. The molecule has 8 heteroatoms. The van der Waals surface area contributed by atoms with Gasteiger partial charge in [-0.15, -0.1) is 0 Å². The summed E-state index contributed by atoms with van der Waals surface area (Å²) in [5.74, 6) is 1.71. The number of nitrogens with one attached hydrogen (secondary N) is 2. The molecule has 146 valence electrons. The Morgan fingerprint density at radius 2 is 2.19 bits per heavy atom. The highest BCUT2D eigenvalue weighted by Gasteiger charge is 2.28. The van der Waals surface area contributed by atoms with Crippen molar-refractivity contribution in [2.24, 2.45) is 0 Å². The number of ether oxygens (including phenoxy) is 1. The number of carbonyl (C=O) groups is 1. The highest BCUT2D eigenvalue weighted by atomic mass is 16.5. The molecule has 0 aromatic carbocycles. The number of amides is 1. The fraction of sp³-hybridized carbons (Fsp3) is 0.579. The second kappa shape index (κ2) is 8.04. The van der Waals surface area contributed by atoms with Crippen LogP contribution in [-0.4, -0.2) is 39.3 Å². The Hall–Kier alpha value is -2.48. The predicted molar refractivity (Wildman–Crippen MR) is 100 cm³/mol. The molecular weight excluding hydrogens is 346 g/mol. The molecule has 1 atom stereocenters. The van der Waals surface area contributed by atoms with Crippen molar-refractivity contribution in [1.29, 1.82) is 0 Å². The first-order valence-corrected chi connectivity index (χ1v) is 9.29. The van der Waals surface area contributed by atoms with Gasteiger partial charge < -0.3 is 19.9 Å². The van der Waals surface area contributed by atoms with Crippen molar-refractivity contribution in [3.05, 3.63) is 35.6 Å². The number of hydrogen-bond acceptors (Lipinski definition) is 7. The SMILES string of the molecule is CC(C)c1nc(CNC(=O)c2ccc(N[C@H]3CCOC(C)(C)C3)nc2)no1. The van der Waals surface area contributed by atoms with Crippen molar-refractivity contribution in [1.82, 2.24) is 20.4 Å². The Labute approximate surface area is 159 Å². The lowest BCUT2D eigenvalue weighted by atomic mass is 9.94. The summed E-state index contributed by atoms with van der Waals surface area (Å²) in [7, 11) is 0. The monoisotopic (exact) mass is 373 g/mol. The third kappa shape index (κ3) is 5.26. The molecule has 1 amide bonds. The van der Waals surface area contributed by atoms with Crippen LogP contribution in [0.15, 0.2) is 22.9 Å². The molecule has 2 aromatic rings. The van der Waals surface area contributed by atoms with Crippen molar-refractivity contribution in [3.8, 4) is 0 Å². The van der Waals surface area contributed by atoms with Gasteiger partial charge in [-0.3, -0.25) is 4.79 Å². The quantitative estimate of drug-likeness (QED) is 0.802. The molecule has 0 unspecified atom stereocenters. The molecule has 0 aliphatic carbocycles. The minimum absolute atomic E-state index is 0.125. The highest BCUT2D eigenvalue weighted by molar-refractivity contribution is 5.93. The van der Waals surface area contributed by atoms with E-state index < -0.39 is 0 Å². The zero-order chi connectivity index (χ0) is 19.4. The van der Waals surface area contributed by atoms with E-state index in [1.54, 1.807) is 12.3 Å². The molecule has 0 bridgehead atoms. The smallest absolute Gasteiger partial charge is 0.253 e. The van der Waals surface area contributed by atoms with E-state index in [-0.39, 0.29) is 24.0 Å². The molecule has 1 saturated heterocycles. The minimum Gasteiger partial charge on any atom is -0.375 e. The minimum atomic E-state index is -0.225. The van der Waals surface area contributed by atoms with Crippen molar-refractivity contribution >= 4 is 11.7 Å². The van der Waals surface area contributed by atoms with Crippen LogP contribution in [0.5, 0.6) is 0 Å². The molecular formula is C19H27N5O3. The van der Waals surface area contributed by atoms with E-state index in [1.807, 2.05) is 19.9 Å². The van der Waals surface area contributed by atoms with Gasteiger partial charge >= 0.3 is 0 Å². The average Bonchev–Trinajstić information content (AvgIpc) is 3.09. The van der Waals surface area contributed by atoms with E-state index in [4.69, 9.17) is 9.26 Å². The lowest BCUT2D eigenvalue weighted by Gasteiger charge is -2.36. The number of pyridine rings is 1. The zero-order valence-corrected chi connectivity index (χ0v) is 16.3. The Bertz CT molecular complexity index is 770. The zero-order valence-electron chi connectivity index (χ0n) is 16.3. The second-order valence-electron chi connectivity index (χ2n) is 7.76. The van der Waals surface area contributed by atoms with Gasteiger partial charge in [0.15, 0.2) is 5.82 Å². The Kier molecular flexibility index (Phi) is 5.74. The van der Waals surface area contributed by atoms with Gasteiger partial charge in [-0.1, -0.05) is 19.0 Å². The second-order valence-corrected chi connectivity index (χ2v) is 7.76. The van der Waals surface area contributed by atoms with Crippen LogP contribution in [0.25, 0.3) is 0 Å². The lowest BCUT2D eigenvalue weighted by molar-refractivity contribution is -0.0553. The third-order valence-electron chi connectivity index (χ3n) is 4.46. The molecule has 1 fully saturated rings. The van der Waals surface area contributed by atoms with E-state index in [9.17, 15) is 4.79 Å². The van der Waals surface area contributed by atoms with Crippen LogP contribution in [0.1, 0.15) is 68.5 Å². The highest BCUT2D eigenvalue weighted by Crippen LogP contribution is 2.25. The van der Waals surface area contributed by atoms with Crippen LogP contribution >= 0.6 is 0 Å². The summed E-state index contributed by atoms with van der Waals surface area (Å²) >= 11 is 0. The summed E-state index contributed by atoms with van der Waals surface area (Å²) in [6.07, 6.45) is 3.42. The molecule has 3 rings (SSSR count). The van der Waals surface area contributed by atoms with Gasteiger partial charge in [0.05, 0.1) is 17.7 Å². The summed E-state index contributed by atoms with van der Waals surface area (Å²) in [6.45, 7) is 9.08. The van der Waals surface area contributed by atoms with Crippen LogP contribution in [0.3, 0.4) is 0 Å². The fourth-order valence-corrected chi connectivity index (χ4v) is 3.01. The third-order valence-corrected chi connectivity index (χ3v) is 4.46. The van der Waals surface area contributed by atoms with Crippen LogP contribution in [0.2, 0.25) is 0 Å². The van der Waals surface area contributed by atoms with Gasteiger partial charge in [-0.05, 0) is 38.8 Å². The van der Waals surface area contributed by atoms with Crippen LogP contribution in [0, 0.1) is 0 Å². The molecule has 1 aliphatic rings. The lowest BCUT2D eigenvalue weighted by Crippen LogP contribution is -2.40. The van der Waals surface area contributed by atoms with Crippen molar-refractivity contribution in [3.63, 3.8) is 0 Å². The van der Waals surface area contributed by atoms with Crippen LogP contribution < -0.4 is 10.6 Å². The summed E-state index contributed by atoms with van der Waals surface area (Å²) in [6, 6.07) is 3.89. The summed E-state index contributed by atoms with van der Waals surface area (Å²) < 4.78 is 10.9. The van der Waals surface area contributed by atoms with Gasteiger partial charge in [-0.2, -0.15) is 4.98 Å². The predicted octanol–water partition coefficient (Wildman–Crippen LogP) is 2.89. The fourth-order valence-electron chi connectivity index (χ4n) is 3.01. The normalized spacial score (nSPS) is 19.1. The number of carbonyl (C=O) groups excluding carboxylic acids is 1. The van der Waals surface area contributed by atoms with Gasteiger partial charge in [-0.25, -0.2) is 4.98 Å². The van der Waals surface area contributed by atoms with E-state index in [0.29, 0.717) is 23.3 Å². The van der Waals surface area contributed by atoms with Crippen molar-refractivity contribution in [2.45, 2.75) is 64.6 Å². The molecule has 0 saturated carbocycles. The molecule has 2 N–H and O–H groups in total. The standard InChI is InChI=1S/C19H27N5O3/c1-12(2)18-23-16(24-27-18)11-21-17(25)13-5-6-15(20-10-13)22-14-7-8-26-19(3,4)9-14/h5-6,10,12,14H,7-9,11H2,1-4H3,(H,20,22)(H,21,25)/t14-/m0/s1. The maximum atomic E-state index is 12.3. The largest absolute Gasteiger partial charge is 0.375 e. The van der Waals surface area contributed by atoms with Crippen LogP contribution in [0.4, 0.5) is 5.82 Å². The van der Waals surface area contributed by atoms with E-state index in [2.05, 4.69) is 39.6 Å². The summed E-state index contributed by atoms with van der Waals surface area (Å²) in [5, 5.41) is 10.1. The number of aromatic nitrogens is 3. The number of hydrogen-bond donors (Lipinski definition) is 2. The Morgan fingerprint density at radius 3 is 2.81 bits per heavy atom.